The number of hydrogen-bond donors (Lipinski definition) is 1. The van der Waals surface area contributed by atoms with E-state index in [4.69, 9.17) is 4.74 Å². The number of amides is 1. The van der Waals surface area contributed by atoms with Crippen LogP contribution in [0.4, 0.5) is 0 Å². The van der Waals surface area contributed by atoms with Gasteiger partial charge in [0, 0.05) is 11.9 Å². The van der Waals surface area contributed by atoms with Crippen LogP contribution in [-0.4, -0.2) is 18.6 Å². The summed E-state index contributed by atoms with van der Waals surface area (Å²) < 4.78 is 6.08. The summed E-state index contributed by atoms with van der Waals surface area (Å²) in [7, 11) is 0. The first-order valence-electron chi connectivity index (χ1n) is 10.6. The Balaban J connectivity index is 1.51. The van der Waals surface area contributed by atoms with Gasteiger partial charge in [0.2, 0.25) is 0 Å². The first-order valence-corrected chi connectivity index (χ1v) is 10.6. The van der Waals surface area contributed by atoms with Crippen molar-refractivity contribution in [1.82, 2.24) is 5.32 Å². The number of fused-ring (bicyclic) bond motifs is 1. The molecule has 29 heavy (non-hydrogen) atoms. The number of benzene rings is 3. The Labute approximate surface area is 174 Å². The summed E-state index contributed by atoms with van der Waals surface area (Å²) in [6.45, 7) is 7.04. The van der Waals surface area contributed by atoms with Crippen molar-refractivity contribution in [3.8, 4) is 5.75 Å². The highest BCUT2D eigenvalue weighted by Crippen LogP contribution is 2.26. The molecule has 0 saturated carbocycles. The van der Waals surface area contributed by atoms with Crippen LogP contribution in [0.1, 0.15) is 50.7 Å². The molecule has 3 aromatic carbocycles. The van der Waals surface area contributed by atoms with Crippen molar-refractivity contribution >= 4 is 16.7 Å². The molecule has 152 valence electrons. The predicted molar refractivity (Wildman–Crippen MR) is 121 cm³/mol. The molecule has 0 spiro atoms. The number of carbonyl (C=O) groups is 1. The third kappa shape index (κ3) is 5.60. The van der Waals surface area contributed by atoms with Crippen LogP contribution >= 0.6 is 0 Å². The fourth-order valence-corrected chi connectivity index (χ4v) is 3.46. The van der Waals surface area contributed by atoms with E-state index in [1.165, 1.54) is 11.1 Å². The molecule has 0 radical (unpaired) electrons. The molecule has 3 nitrogen and oxygen atoms in total. The second-order valence-corrected chi connectivity index (χ2v) is 7.78. The molecule has 1 N–H and O–H groups in total. The van der Waals surface area contributed by atoms with Crippen molar-refractivity contribution in [2.75, 3.05) is 6.54 Å². The molecule has 3 rings (SSSR count). The molecule has 0 aliphatic carbocycles. The zero-order valence-electron chi connectivity index (χ0n) is 17.7. The lowest BCUT2D eigenvalue weighted by Crippen LogP contribution is -2.38. The predicted octanol–water partition coefficient (Wildman–Crippen LogP) is 5.87. The van der Waals surface area contributed by atoms with Crippen molar-refractivity contribution in [3.63, 3.8) is 0 Å². The van der Waals surface area contributed by atoms with Gasteiger partial charge >= 0.3 is 0 Å². The van der Waals surface area contributed by atoms with Gasteiger partial charge in [0.25, 0.3) is 5.91 Å². The van der Waals surface area contributed by atoms with Crippen molar-refractivity contribution in [2.45, 2.75) is 52.1 Å². The van der Waals surface area contributed by atoms with E-state index >= 15 is 0 Å². The van der Waals surface area contributed by atoms with E-state index in [2.05, 4.69) is 55.6 Å². The van der Waals surface area contributed by atoms with Gasteiger partial charge in [-0.05, 0) is 47.8 Å². The molecule has 1 amide bonds. The topological polar surface area (TPSA) is 38.3 Å². The third-order valence-electron chi connectivity index (χ3n) is 5.27. The number of ether oxygens (including phenoxy) is 1. The van der Waals surface area contributed by atoms with E-state index in [1.54, 1.807) is 0 Å². The van der Waals surface area contributed by atoms with Crippen molar-refractivity contribution in [1.29, 1.82) is 0 Å². The average molecular weight is 390 g/mol. The van der Waals surface area contributed by atoms with Crippen molar-refractivity contribution in [2.24, 2.45) is 0 Å². The van der Waals surface area contributed by atoms with E-state index in [-0.39, 0.29) is 5.91 Å². The first-order chi connectivity index (χ1) is 14.1. The fourth-order valence-electron chi connectivity index (χ4n) is 3.46. The average Bonchev–Trinajstić information content (AvgIpc) is 2.75. The maximum absolute atomic E-state index is 12.6. The van der Waals surface area contributed by atoms with E-state index in [1.807, 2.05) is 37.3 Å². The molecular formula is C26H31NO2. The van der Waals surface area contributed by atoms with E-state index in [0.29, 0.717) is 18.9 Å². The molecule has 0 saturated heterocycles. The Morgan fingerprint density at radius 2 is 1.69 bits per heavy atom. The molecule has 0 fully saturated rings. The number of carbonyl (C=O) groups excluding carboxylic acids is 1. The van der Waals surface area contributed by atoms with Gasteiger partial charge in [0.15, 0.2) is 6.10 Å². The van der Waals surface area contributed by atoms with Crippen LogP contribution < -0.4 is 10.1 Å². The van der Waals surface area contributed by atoms with E-state index in [0.717, 1.165) is 29.4 Å². The largest absolute Gasteiger partial charge is 0.480 e. The quantitative estimate of drug-likeness (QED) is 0.465. The molecule has 0 heterocycles. The van der Waals surface area contributed by atoms with Gasteiger partial charge in [-0.2, -0.15) is 0 Å². The van der Waals surface area contributed by atoms with Crippen LogP contribution in [-0.2, 0) is 11.2 Å². The molecule has 0 aliphatic rings. The Hall–Kier alpha value is -2.81. The summed E-state index contributed by atoms with van der Waals surface area (Å²) >= 11 is 0. The lowest BCUT2D eigenvalue weighted by molar-refractivity contribution is -0.128. The normalized spacial score (nSPS) is 12.1. The van der Waals surface area contributed by atoms with Crippen LogP contribution in [0.15, 0.2) is 66.7 Å². The smallest absolute Gasteiger partial charge is 0.261 e. The summed E-state index contributed by atoms with van der Waals surface area (Å²) in [4.78, 5) is 12.6. The van der Waals surface area contributed by atoms with Crippen LogP contribution in [0.25, 0.3) is 10.8 Å². The number of rotatable bonds is 9. The first kappa shape index (κ1) is 20.9. The molecule has 3 aromatic rings. The lowest BCUT2D eigenvalue weighted by atomic mass is 10.0. The maximum Gasteiger partial charge on any atom is 0.261 e. The summed E-state index contributed by atoms with van der Waals surface area (Å²) in [5.74, 6) is 1.27. The summed E-state index contributed by atoms with van der Waals surface area (Å²) in [6.07, 6.45) is 2.02. The molecule has 1 unspecified atom stereocenters. The molecule has 0 aliphatic heterocycles. The van der Waals surface area contributed by atoms with Crippen LogP contribution in [0.2, 0.25) is 0 Å². The van der Waals surface area contributed by atoms with Gasteiger partial charge in [-0.3, -0.25) is 4.79 Å². The number of nitrogens with one attached hydrogen (secondary N) is 1. The maximum atomic E-state index is 12.6. The second-order valence-electron chi connectivity index (χ2n) is 7.78. The minimum atomic E-state index is -0.480. The Bertz CT molecular complexity index is 926. The van der Waals surface area contributed by atoms with Gasteiger partial charge in [-0.15, -0.1) is 0 Å². The van der Waals surface area contributed by atoms with Crippen LogP contribution in [0.3, 0.4) is 0 Å². The standard InChI is InChI=1S/C26H31NO2/c1-4-24(29-25-13-7-11-22-10-5-6-12-23(22)25)26(28)27-18-8-9-20-14-16-21(17-15-20)19(2)3/h5-7,10-17,19,24H,4,8-9,18H2,1-3H3,(H,27,28). The summed E-state index contributed by atoms with van der Waals surface area (Å²) in [5.41, 5.74) is 2.67. The minimum absolute atomic E-state index is 0.0458. The SMILES string of the molecule is CCC(Oc1cccc2ccccc12)C(=O)NCCCc1ccc(C(C)C)cc1. The van der Waals surface area contributed by atoms with Crippen LogP contribution in [0, 0.1) is 0 Å². The molecule has 1 atom stereocenters. The van der Waals surface area contributed by atoms with Gasteiger partial charge in [-0.25, -0.2) is 0 Å². The highest BCUT2D eigenvalue weighted by molar-refractivity contribution is 5.89. The van der Waals surface area contributed by atoms with Gasteiger partial charge < -0.3 is 10.1 Å². The van der Waals surface area contributed by atoms with E-state index in [9.17, 15) is 4.79 Å². The summed E-state index contributed by atoms with van der Waals surface area (Å²) in [5, 5.41) is 5.19. The van der Waals surface area contributed by atoms with Gasteiger partial charge in [0.05, 0.1) is 0 Å². The molecule has 0 aromatic heterocycles. The minimum Gasteiger partial charge on any atom is -0.480 e. The second kappa shape index (κ2) is 10.1. The molecule has 3 heteroatoms. The molecular weight excluding hydrogens is 358 g/mol. The van der Waals surface area contributed by atoms with E-state index < -0.39 is 6.10 Å². The fraction of sp³-hybridized carbons (Fsp3) is 0.346. The monoisotopic (exact) mass is 389 g/mol. The highest BCUT2D eigenvalue weighted by atomic mass is 16.5. The highest BCUT2D eigenvalue weighted by Gasteiger charge is 2.18. The Morgan fingerprint density at radius 1 is 0.966 bits per heavy atom. The lowest BCUT2D eigenvalue weighted by Gasteiger charge is -2.18. The number of hydrogen-bond acceptors (Lipinski definition) is 2. The zero-order valence-corrected chi connectivity index (χ0v) is 17.7. The zero-order chi connectivity index (χ0) is 20.6. The summed E-state index contributed by atoms with van der Waals surface area (Å²) in [6, 6.07) is 22.8. The van der Waals surface area contributed by atoms with Gasteiger partial charge in [0.1, 0.15) is 5.75 Å². The Morgan fingerprint density at radius 3 is 2.41 bits per heavy atom. The van der Waals surface area contributed by atoms with Crippen LogP contribution in [0.5, 0.6) is 5.75 Å². The molecule has 0 bridgehead atoms. The van der Waals surface area contributed by atoms with Gasteiger partial charge in [-0.1, -0.05) is 81.4 Å². The van der Waals surface area contributed by atoms with Crippen molar-refractivity contribution in [3.05, 3.63) is 77.9 Å². The number of aryl methyl sites for hydroxylation is 1. The third-order valence-corrected chi connectivity index (χ3v) is 5.27. The Kier molecular flexibility index (Phi) is 7.29. The van der Waals surface area contributed by atoms with Crippen molar-refractivity contribution < 1.29 is 9.53 Å².